The van der Waals surface area contributed by atoms with Crippen LogP contribution in [-0.2, 0) is 16.3 Å². The molecule has 1 saturated heterocycles. The summed E-state index contributed by atoms with van der Waals surface area (Å²) in [5.41, 5.74) is 2.21. The quantitative estimate of drug-likeness (QED) is 0.559. The van der Waals surface area contributed by atoms with Crippen LogP contribution in [-0.4, -0.2) is 72.4 Å². The summed E-state index contributed by atoms with van der Waals surface area (Å²) >= 11 is 0. The number of nitrogens with zero attached hydrogens (tertiary/aromatic N) is 3. The van der Waals surface area contributed by atoms with E-state index in [0.717, 1.165) is 62.1 Å². The number of guanidine groups is 1. The molecule has 162 valence electrons. The number of aliphatic imine (C=N–C) groups is 1. The summed E-state index contributed by atoms with van der Waals surface area (Å²) in [5, 5.41) is 3.42. The van der Waals surface area contributed by atoms with Crippen LogP contribution in [0.15, 0.2) is 58.4 Å². The maximum absolute atomic E-state index is 11.6. The number of sulfone groups is 1. The van der Waals surface area contributed by atoms with Crippen molar-refractivity contribution in [1.82, 2.24) is 10.2 Å². The summed E-state index contributed by atoms with van der Waals surface area (Å²) < 4.78 is 28.6. The van der Waals surface area contributed by atoms with Crippen LogP contribution in [0.4, 0.5) is 5.69 Å². The van der Waals surface area contributed by atoms with E-state index in [1.807, 2.05) is 30.3 Å². The molecule has 1 heterocycles. The Morgan fingerprint density at radius 3 is 2.33 bits per heavy atom. The van der Waals surface area contributed by atoms with Crippen LogP contribution < -0.4 is 15.0 Å². The summed E-state index contributed by atoms with van der Waals surface area (Å²) in [7, 11) is 0.351. The second-order valence-corrected chi connectivity index (χ2v) is 9.30. The number of methoxy groups -OCH3 is 1. The second-order valence-electron chi connectivity index (χ2n) is 7.29. The minimum absolute atomic E-state index is 0.350. The first kappa shape index (κ1) is 22.0. The number of hydrogen-bond acceptors (Lipinski definition) is 5. The van der Waals surface area contributed by atoms with Crippen molar-refractivity contribution in [3.63, 3.8) is 0 Å². The van der Waals surface area contributed by atoms with Gasteiger partial charge in [-0.2, -0.15) is 0 Å². The van der Waals surface area contributed by atoms with E-state index < -0.39 is 9.84 Å². The molecular weight excluding hydrogens is 400 g/mol. The lowest BCUT2D eigenvalue weighted by atomic mass is 10.1. The maximum Gasteiger partial charge on any atom is 0.193 e. The van der Waals surface area contributed by atoms with Crippen molar-refractivity contribution in [3.05, 3.63) is 54.1 Å². The predicted molar refractivity (Wildman–Crippen MR) is 121 cm³/mol. The van der Waals surface area contributed by atoms with E-state index in [1.54, 1.807) is 26.3 Å². The fraction of sp³-hybridized carbons (Fsp3) is 0.409. The van der Waals surface area contributed by atoms with Crippen LogP contribution in [0.25, 0.3) is 0 Å². The number of ether oxygens (including phenoxy) is 1. The third-order valence-corrected chi connectivity index (χ3v) is 6.39. The van der Waals surface area contributed by atoms with Gasteiger partial charge in [0.25, 0.3) is 0 Å². The van der Waals surface area contributed by atoms with Gasteiger partial charge in [0.2, 0.25) is 0 Å². The van der Waals surface area contributed by atoms with Gasteiger partial charge >= 0.3 is 0 Å². The molecule has 0 aromatic heterocycles. The lowest BCUT2D eigenvalue weighted by Gasteiger charge is -2.38. The molecule has 30 heavy (non-hydrogen) atoms. The first-order chi connectivity index (χ1) is 14.4. The predicted octanol–water partition coefficient (Wildman–Crippen LogP) is 2.04. The van der Waals surface area contributed by atoms with Crippen LogP contribution in [0.1, 0.15) is 5.56 Å². The molecule has 3 rings (SSSR count). The van der Waals surface area contributed by atoms with Crippen molar-refractivity contribution < 1.29 is 13.2 Å². The van der Waals surface area contributed by atoms with Gasteiger partial charge < -0.3 is 19.9 Å². The molecule has 0 amide bonds. The van der Waals surface area contributed by atoms with E-state index in [9.17, 15) is 8.42 Å². The summed E-state index contributed by atoms with van der Waals surface area (Å²) in [4.78, 5) is 9.38. The SMILES string of the molecule is CN=C(NCCc1ccc(S(C)(=O)=O)cc1)N1CCN(c2ccccc2OC)CC1. The Hall–Kier alpha value is -2.74. The maximum atomic E-state index is 11.6. The number of piperazine rings is 1. The number of hydrogen-bond donors (Lipinski definition) is 1. The number of rotatable bonds is 6. The van der Waals surface area contributed by atoms with Crippen LogP contribution in [0.5, 0.6) is 5.75 Å². The molecule has 1 aliphatic rings. The standard InChI is InChI=1S/C22H30N4O3S/c1-23-22(24-13-12-18-8-10-19(11-9-18)30(3,27)28)26-16-14-25(15-17-26)20-6-4-5-7-21(20)29-2/h4-11H,12-17H2,1-3H3,(H,23,24). The Bertz CT molecular complexity index is 966. The van der Waals surface area contributed by atoms with E-state index in [4.69, 9.17) is 4.74 Å². The summed E-state index contributed by atoms with van der Waals surface area (Å²) in [6.07, 6.45) is 2.02. The molecule has 0 atom stereocenters. The number of nitrogens with one attached hydrogen (secondary N) is 1. The zero-order valence-electron chi connectivity index (χ0n) is 17.8. The minimum atomic E-state index is -3.15. The van der Waals surface area contributed by atoms with Crippen LogP contribution in [0.3, 0.4) is 0 Å². The molecule has 1 fully saturated rings. The molecule has 0 aliphatic carbocycles. The lowest BCUT2D eigenvalue weighted by molar-refractivity contribution is 0.367. The molecule has 0 spiro atoms. The molecule has 0 unspecified atom stereocenters. The first-order valence-corrected chi connectivity index (χ1v) is 11.9. The molecule has 7 nitrogen and oxygen atoms in total. The van der Waals surface area contributed by atoms with Gasteiger partial charge in [0.1, 0.15) is 5.75 Å². The Kier molecular flexibility index (Phi) is 7.20. The summed E-state index contributed by atoms with van der Waals surface area (Å²) in [6, 6.07) is 15.2. The van der Waals surface area contributed by atoms with Crippen molar-refractivity contribution in [2.45, 2.75) is 11.3 Å². The highest BCUT2D eigenvalue weighted by Gasteiger charge is 2.21. The van der Waals surface area contributed by atoms with Gasteiger partial charge in [-0.3, -0.25) is 4.99 Å². The molecule has 8 heteroatoms. The van der Waals surface area contributed by atoms with Crippen molar-refractivity contribution in [2.75, 3.05) is 58.0 Å². The van der Waals surface area contributed by atoms with Crippen LogP contribution >= 0.6 is 0 Å². The van der Waals surface area contributed by atoms with E-state index in [-0.39, 0.29) is 0 Å². The van der Waals surface area contributed by atoms with E-state index in [0.29, 0.717) is 4.90 Å². The fourth-order valence-corrected chi connectivity index (χ4v) is 4.23. The molecule has 2 aromatic rings. The summed E-state index contributed by atoms with van der Waals surface area (Å²) in [6.45, 7) is 4.28. The Balaban J connectivity index is 1.50. The highest BCUT2D eigenvalue weighted by molar-refractivity contribution is 7.90. The third kappa shape index (κ3) is 5.44. The monoisotopic (exact) mass is 430 g/mol. The highest BCUT2D eigenvalue weighted by atomic mass is 32.2. The van der Waals surface area contributed by atoms with Crippen molar-refractivity contribution in [1.29, 1.82) is 0 Å². The van der Waals surface area contributed by atoms with Gasteiger partial charge in [-0.05, 0) is 36.2 Å². The second kappa shape index (κ2) is 9.84. The molecule has 0 saturated carbocycles. The highest BCUT2D eigenvalue weighted by Crippen LogP contribution is 2.28. The molecule has 1 aliphatic heterocycles. The molecular formula is C22H30N4O3S. The molecule has 1 N–H and O–H groups in total. The topological polar surface area (TPSA) is 74.2 Å². The van der Waals surface area contributed by atoms with Crippen LogP contribution in [0.2, 0.25) is 0 Å². The zero-order valence-corrected chi connectivity index (χ0v) is 18.7. The number of benzene rings is 2. The normalized spacial score (nSPS) is 15.2. The lowest BCUT2D eigenvalue weighted by Crippen LogP contribution is -2.52. The van der Waals surface area contributed by atoms with Crippen molar-refractivity contribution >= 4 is 21.5 Å². The average Bonchev–Trinajstić information content (AvgIpc) is 2.76. The molecule has 0 radical (unpaired) electrons. The Labute approximate surface area is 179 Å². The largest absolute Gasteiger partial charge is 0.495 e. The van der Waals surface area contributed by atoms with Gasteiger partial charge in [0, 0.05) is 46.0 Å². The number of para-hydroxylation sites is 2. The molecule has 0 bridgehead atoms. The van der Waals surface area contributed by atoms with E-state index >= 15 is 0 Å². The van der Waals surface area contributed by atoms with Gasteiger partial charge in [-0.1, -0.05) is 24.3 Å². The van der Waals surface area contributed by atoms with Gasteiger partial charge in [0.05, 0.1) is 17.7 Å². The van der Waals surface area contributed by atoms with Crippen molar-refractivity contribution in [2.24, 2.45) is 4.99 Å². The van der Waals surface area contributed by atoms with E-state index in [2.05, 4.69) is 26.2 Å². The van der Waals surface area contributed by atoms with Gasteiger partial charge in [0.15, 0.2) is 15.8 Å². The van der Waals surface area contributed by atoms with Gasteiger partial charge in [-0.25, -0.2) is 8.42 Å². The third-order valence-electron chi connectivity index (χ3n) is 5.27. The van der Waals surface area contributed by atoms with Gasteiger partial charge in [-0.15, -0.1) is 0 Å². The molecule has 2 aromatic carbocycles. The van der Waals surface area contributed by atoms with E-state index in [1.165, 1.54) is 6.26 Å². The van der Waals surface area contributed by atoms with Crippen LogP contribution in [0, 0.1) is 0 Å². The summed E-state index contributed by atoms with van der Waals surface area (Å²) in [5.74, 6) is 1.79. The Morgan fingerprint density at radius 2 is 1.73 bits per heavy atom. The average molecular weight is 431 g/mol. The minimum Gasteiger partial charge on any atom is -0.495 e. The first-order valence-electron chi connectivity index (χ1n) is 10.0. The Morgan fingerprint density at radius 1 is 1.07 bits per heavy atom. The smallest absolute Gasteiger partial charge is 0.193 e. The number of anilines is 1. The zero-order chi connectivity index (χ0) is 21.6. The fourth-order valence-electron chi connectivity index (χ4n) is 3.60. The van der Waals surface area contributed by atoms with Crippen molar-refractivity contribution in [3.8, 4) is 5.75 Å².